The van der Waals surface area contributed by atoms with Crippen LogP contribution in [0.25, 0.3) is 0 Å². The molecule has 2 amide bonds. The molecular formula is C16H26N3O2+. The zero-order valence-corrected chi connectivity index (χ0v) is 13.4. The number of rotatable bonds is 6. The van der Waals surface area contributed by atoms with E-state index < -0.39 is 11.8 Å². The van der Waals surface area contributed by atoms with Crippen LogP contribution in [0.5, 0.6) is 0 Å². The molecule has 0 aromatic heterocycles. The maximum atomic E-state index is 11.8. The summed E-state index contributed by atoms with van der Waals surface area (Å²) in [6.07, 6.45) is 0. The molecule has 5 nitrogen and oxygen atoms in total. The van der Waals surface area contributed by atoms with Gasteiger partial charge in [-0.1, -0.05) is 6.07 Å². The SMILES string of the molecule is CC[NH+](CC)CCNC(=O)C(=O)Nc1ccc(C)c(C)c1. The average molecular weight is 292 g/mol. The zero-order chi connectivity index (χ0) is 15.8. The largest absolute Gasteiger partial charge is 0.342 e. The van der Waals surface area contributed by atoms with Gasteiger partial charge in [0, 0.05) is 5.69 Å². The minimum Gasteiger partial charge on any atom is -0.342 e. The fraction of sp³-hybridized carbons (Fsp3) is 0.500. The molecule has 0 bridgehead atoms. The predicted octanol–water partition coefficient (Wildman–Crippen LogP) is 0.283. The van der Waals surface area contributed by atoms with Crippen molar-refractivity contribution in [2.45, 2.75) is 27.7 Å². The van der Waals surface area contributed by atoms with Crippen molar-refractivity contribution in [2.24, 2.45) is 0 Å². The van der Waals surface area contributed by atoms with Gasteiger partial charge in [-0.05, 0) is 51.0 Å². The third-order valence-electron chi connectivity index (χ3n) is 3.74. The summed E-state index contributed by atoms with van der Waals surface area (Å²) in [5, 5.41) is 5.27. The molecule has 0 heterocycles. The van der Waals surface area contributed by atoms with Crippen molar-refractivity contribution in [1.29, 1.82) is 0 Å². The fourth-order valence-corrected chi connectivity index (χ4v) is 2.04. The molecule has 0 radical (unpaired) electrons. The summed E-state index contributed by atoms with van der Waals surface area (Å²) < 4.78 is 0. The number of carbonyl (C=O) groups is 2. The van der Waals surface area contributed by atoms with E-state index in [-0.39, 0.29) is 0 Å². The van der Waals surface area contributed by atoms with E-state index in [9.17, 15) is 9.59 Å². The molecule has 0 fully saturated rings. The number of carbonyl (C=O) groups excluding carboxylic acids is 2. The standard InChI is InChI=1S/C16H25N3O2/c1-5-19(6-2)10-9-17-15(20)16(21)18-14-8-7-12(3)13(4)11-14/h7-8,11H,5-6,9-10H2,1-4H3,(H,17,20)(H,18,21)/p+1. The highest BCUT2D eigenvalue weighted by Gasteiger charge is 2.14. The Bertz CT molecular complexity index is 496. The van der Waals surface area contributed by atoms with Crippen LogP contribution in [-0.4, -0.2) is 38.0 Å². The predicted molar refractivity (Wildman–Crippen MR) is 84.5 cm³/mol. The number of hydrogen-bond donors (Lipinski definition) is 3. The molecule has 0 atom stereocenters. The van der Waals surface area contributed by atoms with E-state index in [1.807, 2.05) is 26.0 Å². The van der Waals surface area contributed by atoms with Crippen LogP contribution in [0.15, 0.2) is 18.2 Å². The minimum absolute atomic E-state index is 0.510. The van der Waals surface area contributed by atoms with Gasteiger partial charge in [-0.3, -0.25) is 9.59 Å². The number of amides is 2. The van der Waals surface area contributed by atoms with Gasteiger partial charge in [0.2, 0.25) is 0 Å². The molecule has 116 valence electrons. The van der Waals surface area contributed by atoms with Crippen molar-refractivity contribution in [3.05, 3.63) is 29.3 Å². The van der Waals surface area contributed by atoms with Gasteiger partial charge in [-0.15, -0.1) is 0 Å². The highest BCUT2D eigenvalue weighted by molar-refractivity contribution is 6.39. The Morgan fingerprint density at radius 1 is 1.05 bits per heavy atom. The highest BCUT2D eigenvalue weighted by Crippen LogP contribution is 2.13. The number of benzene rings is 1. The van der Waals surface area contributed by atoms with E-state index in [0.29, 0.717) is 12.2 Å². The molecular weight excluding hydrogens is 266 g/mol. The Labute approximate surface area is 126 Å². The number of anilines is 1. The lowest BCUT2D eigenvalue weighted by Crippen LogP contribution is -3.12. The molecule has 21 heavy (non-hydrogen) atoms. The Morgan fingerprint density at radius 2 is 1.71 bits per heavy atom. The Balaban J connectivity index is 2.44. The van der Waals surface area contributed by atoms with Crippen molar-refractivity contribution in [2.75, 3.05) is 31.5 Å². The fourth-order valence-electron chi connectivity index (χ4n) is 2.04. The van der Waals surface area contributed by atoms with Crippen molar-refractivity contribution in [3.63, 3.8) is 0 Å². The highest BCUT2D eigenvalue weighted by atomic mass is 16.2. The molecule has 0 aliphatic rings. The third-order valence-corrected chi connectivity index (χ3v) is 3.74. The van der Waals surface area contributed by atoms with Crippen LogP contribution < -0.4 is 15.5 Å². The van der Waals surface area contributed by atoms with Gasteiger partial charge in [0.15, 0.2) is 0 Å². The van der Waals surface area contributed by atoms with Crippen LogP contribution in [-0.2, 0) is 9.59 Å². The van der Waals surface area contributed by atoms with Gasteiger partial charge >= 0.3 is 11.8 Å². The average Bonchev–Trinajstić information content (AvgIpc) is 2.47. The second-order valence-corrected chi connectivity index (χ2v) is 5.22. The maximum Gasteiger partial charge on any atom is 0.313 e. The lowest BCUT2D eigenvalue weighted by molar-refractivity contribution is -0.895. The van der Waals surface area contributed by atoms with Crippen molar-refractivity contribution >= 4 is 17.5 Å². The van der Waals surface area contributed by atoms with Crippen LogP contribution in [0.3, 0.4) is 0 Å². The van der Waals surface area contributed by atoms with Crippen LogP contribution in [0, 0.1) is 13.8 Å². The summed E-state index contributed by atoms with van der Waals surface area (Å²) in [5.74, 6) is -1.20. The molecule has 5 heteroatoms. The first-order valence-corrected chi connectivity index (χ1v) is 7.47. The minimum atomic E-state index is -0.618. The van der Waals surface area contributed by atoms with E-state index in [0.717, 1.165) is 30.8 Å². The van der Waals surface area contributed by atoms with E-state index >= 15 is 0 Å². The van der Waals surface area contributed by atoms with Gasteiger partial charge in [0.1, 0.15) is 0 Å². The quantitative estimate of drug-likeness (QED) is 0.660. The lowest BCUT2D eigenvalue weighted by Gasteiger charge is -2.15. The molecule has 1 aromatic carbocycles. The van der Waals surface area contributed by atoms with Crippen LogP contribution in [0.2, 0.25) is 0 Å². The summed E-state index contributed by atoms with van der Waals surface area (Å²) in [6, 6.07) is 5.58. The first-order chi connectivity index (χ1) is 9.97. The van der Waals surface area contributed by atoms with Crippen molar-refractivity contribution in [1.82, 2.24) is 5.32 Å². The van der Waals surface area contributed by atoms with Crippen LogP contribution >= 0.6 is 0 Å². The second kappa shape index (κ2) is 8.42. The van der Waals surface area contributed by atoms with Crippen molar-refractivity contribution in [3.8, 4) is 0 Å². The Kier molecular flexibility index (Phi) is 6.88. The summed E-state index contributed by atoms with van der Waals surface area (Å²) in [5.41, 5.74) is 2.88. The van der Waals surface area contributed by atoms with E-state index in [2.05, 4.69) is 24.5 Å². The van der Waals surface area contributed by atoms with Gasteiger partial charge in [-0.25, -0.2) is 0 Å². The summed E-state index contributed by atoms with van der Waals surface area (Å²) in [7, 11) is 0. The maximum absolute atomic E-state index is 11.8. The van der Waals surface area contributed by atoms with Crippen LogP contribution in [0.4, 0.5) is 5.69 Å². The van der Waals surface area contributed by atoms with Gasteiger partial charge < -0.3 is 15.5 Å². The lowest BCUT2D eigenvalue weighted by atomic mass is 10.1. The first-order valence-electron chi connectivity index (χ1n) is 7.47. The summed E-state index contributed by atoms with van der Waals surface area (Å²) in [6.45, 7) is 11.6. The monoisotopic (exact) mass is 292 g/mol. The molecule has 0 aliphatic heterocycles. The van der Waals surface area contributed by atoms with Gasteiger partial charge in [0.25, 0.3) is 0 Å². The zero-order valence-electron chi connectivity index (χ0n) is 13.4. The molecule has 1 aromatic rings. The Morgan fingerprint density at radius 3 is 2.29 bits per heavy atom. The molecule has 0 saturated carbocycles. The number of hydrogen-bond acceptors (Lipinski definition) is 2. The number of likely N-dealkylation sites (N-methyl/N-ethyl adjacent to an activating group) is 1. The summed E-state index contributed by atoms with van der Waals surface area (Å²) >= 11 is 0. The van der Waals surface area contributed by atoms with Gasteiger partial charge in [-0.2, -0.15) is 0 Å². The number of quaternary nitrogens is 1. The number of nitrogens with one attached hydrogen (secondary N) is 3. The van der Waals surface area contributed by atoms with Gasteiger partial charge in [0.05, 0.1) is 26.2 Å². The molecule has 0 spiro atoms. The van der Waals surface area contributed by atoms with E-state index in [4.69, 9.17) is 0 Å². The first kappa shape index (κ1) is 17.2. The molecule has 0 unspecified atom stereocenters. The summed E-state index contributed by atoms with van der Waals surface area (Å²) in [4.78, 5) is 24.9. The topological polar surface area (TPSA) is 62.6 Å². The van der Waals surface area contributed by atoms with Crippen molar-refractivity contribution < 1.29 is 14.5 Å². The smallest absolute Gasteiger partial charge is 0.313 e. The van der Waals surface area contributed by atoms with Crippen LogP contribution in [0.1, 0.15) is 25.0 Å². The normalized spacial score (nSPS) is 10.5. The molecule has 0 aliphatic carbocycles. The molecule has 0 saturated heterocycles. The molecule has 1 rings (SSSR count). The second-order valence-electron chi connectivity index (χ2n) is 5.22. The van der Waals surface area contributed by atoms with E-state index in [1.54, 1.807) is 6.07 Å². The Hall–Kier alpha value is -1.88. The third kappa shape index (κ3) is 5.55. The molecule has 3 N–H and O–H groups in total. The number of aryl methyl sites for hydroxylation is 2. The van der Waals surface area contributed by atoms with E-state index in [1.165, 1.54) is 4.90 Å².